The van der Waals surface area contributed by atoms with Crippen LogP contribution in [0.2, 0.25) is 0 Å². The van der Waals surface area contributed by atoms with Gasteiger partial charge in [0.05, 0.1) is 6.61 Å². The van der Waals surface area contributed by atoms with Crippen LogP contribution in [-0.2, 0) is 9.53 Å². The summed E-state index contributed by atoms with van der Waals surface area (Å²) >= 11 is 0. The van der Waals surface area contributed by atoms with Crippen molar-refractivity contribution in [3.05, 3.63) is 23.8 Å². The van der Waals surface area contributed by atoms with E-state index in [0.29, 0.717) is 6.61 Å². The second kappa shape index (κ2) is 6.65. The average Bonchev–Trinajstić information content (AvgIpc) is 1.98. The summed E-state index contributed by atoms with van der Waals surface area (Å²) in [6.07, 6.45) is 6.10. The zero-order chi connectivity index (χ0) is 9.40. The quantitative estimate of drug-likeness (QED) is 0.366. The SMILES string of the molecule is CCOC(=O)/C=C/CC=C(C)C. The fraction of sp³-hybridized carbons (Fsp3) is 0.500. The van der Waals surface area contributed by atoms with Gasteiger partial charge >= 0.3 is 5.97 Å². The summed E-state index contributed by atoms with van der Waals surface area (Å²) in [5.74, 6) is -0.264. The first-order valence-electron chi connectivity index (χ1n) is 4.13. The molecule has 0 atom stereocenters. The van der Waals surface area contributed by atoms with Crippen molar-refractivity contribution in [3.8, 4) is 0 Å². The molecule has 0 aromatic rings. The molecular formula is C10H16O2. The number of esters is 1. The molecule has 0 spiro atoms. The number of carbonyl (C=O) groups excluding carboxylic acids is 1. The lowest BCUT2D eigenvalue weighted by atomic mass is 10.2. The molecule has 0 aromatic carbocycles. The Kier molecular flexibility index (Phi) is 6.07. The summed E-state index contributed by atoms with van der Waals surface area (Å²) in [5, 5.41) is 0. The Morgan fingerprint density at radius 3 is 2.58 bits per heavy atom. The topological polar surface area (TPSA) is 26.3 Å². The van der Waals surface area contributed by atoms with Crippen LogP contribution in [0.1, 0.15) is 27.2 Å². The predicted molar refractivity (Wildman–Crippen MR) is 49.8 cm³/mol. The van der Waals surface area contributed by atoms with Crippen LogP contribution in [0.25, 0.3) is 0 Å². The van der Waals surface area contributed by atoms with Crippen molar-refractivity contribution < 1.29 is 9.53 Å². The number of hydrogen-bond donors (Lipinski definition) is 0. The molecule has 0 bridgehead atoms. The molecule has 0 amide bonds. The Hall–Kier alpha value is -1.05. The van der Waals surface area contributed by atoms with Crippen LogP contribution >= 0.6 is 0 Å². The minimum atomic E-state index is -0.264. The van der Waals surface area contributed by atoms with E-state index in [9.17, 15) is 4.79 Å². The van der Waals surface area contributed by atoms with Crippen LogP contribution in [0.15, 0.2) is 23.8 Å². The molecule has 0 aliphatic heterocycles. The lowest BCUT2D eigenvalue weighted by Crippen LogP contribution is -1.98. The molecule has 0 heterocycles. The lowest BCUT2D eigenvalue weighted by Gasteiger charge is -1.93. The Morgan fingerprint density at radius 1 is 1.42 bits per heavy atom. The minimum absolute atomic E-state index is 0.264. The molecule has 0 fully saturated rings. The molecule has 0 rings (SSSR count). The molecule has 2 nitrogen and oxygen atoms in total. The zero-order valence-corrected chi connectivity index (χ0v) is 7.96. The molecule has 68 valence electrons. The molecule has 0 aliphatic rings. The van der Waals surface area contributed by atoms with Gasteiger partial charge in [-0.25, -0.2) is 4.79 Å². The molecule has 0 saturated carbocycles. The van der Waals surface area contributed by atoms with Gasteiger partial charge in [0.25, 0.3) is 0 Å². The molecule has 2 heteroatoms. The third kappa shape index (κ3) is 7.06. The van der Waals surface area contributed by atoms with Gasteiger partial charge < -0.3 is 4.74 Å². The number of ether oxygens (including phenoxy) is 1. The van der Waals surface area contributed by atoms with Gasteiger partial charge in [-0.2, -0.15) is 0 Å². The highest BCUT2D eigenvalue weighted by Gasteiger charge is 1.90. The second-order valence-electron chi connectivity index (χ2n) is 2.67. The summed E-state index contributed by atoms with van der Waals surface area (Å²) in [6, 6.07) is 0. The van der Waals surface area contributed by atoms with Crippen LogP contribution in [0.4, 0.5) is 0 Å². The monoisotopic (exact) mass is 168 g/mol. The summed E-state index contributed by atoms with van der Waals surface area (Å²) in [7, 11) is 0. The Labute approximate surface area is 73.9 Å². The van der Waals surface area contributed by atoms with Crippen molar-refractivity contribution in [2.45, 2.75) is 27.2 Å². The highest BCUT2D eigenvalue weighted by molar-refractivity contribution is 5.81. The van der Waals surface area contributed by atoms with Gasteiger partial charge in [-0.15, -0.1) is 0 Å². The van der Waals surface area contributed by atoms with Gasteiger partial charge in [-0.3, -0.25) is 0 Å². The Morgan fingerprint density at radius 2 is 2.08 bits per heavy atom. The van der Waals surface area contributed by atoms with E-state index in [1.807, 2.05) is 13.8 Å². The minimum Gasteiger partial charge on any atom is -0.463 e. The first-order chi connectivity index (χ1) is 5.66. The van der Waals surface area contributed by atoms with Gasteiger partial charge in [-0.05, 0) is 27.2 Å². The van der Waals surface area contributed by atoms with Gasteiger partial charge in [0.1, 0.15) is 0 Å². The predicted octanol–water partition coefficient (Wildman–Crippen LogP) is 2.46. The van der Waals surface area contributed by atoms with Crippen molar-refractivity contribution in [1.82, 2.24) is 0 Å². The van der Waals surface area contributed by atoms with E-state index >= 15 is 0 Å². The van der Waals surface area contributed by atoms with E-state index in [1.54, 1.807) is 13.0 Å². The average molecular weight is 168 g/mol. The molecule has 0 aromatic heterocycles. The van der Waals surface area contributed by atoms with E-state index in [-0.39, 0.29) is 5.97 Å². The summed E-state index contributed by atoms with van der Waals surface area (Å²) < 4.78 is 4.70. The molecule has 0 saturated heterocycles. The maximum absolute atomic E-state index is 10.8. The van der Waals surface area contributed by atoms with Crippen molar-refractivity contribution in [1.29, 1.82) is 0 Å². The van der Waals surface area contributed by atoms with Gasteiger partial charge in [0.2, 0.25) is 0 Å². The van der Waals surface area contributed by atoms with E-state index < -0.39 is 0 Å². The van der Waals surface area contributed by atoms with E-state index in [2.05, 4.69) is 6.08 Å². The van der Waals surface area contributed by atoms with Crippen LogP contribution in [0.3, 0.4) is 0 Å². The van der Waals surface area contributed by atoms with Crippen molar-refractivity contribution in [2.24, 2.45) is 0 Å². The number of carbonyl (C=O) groups is 1. The zero-order valence-electron chi connectivity index (χ0n) is 7.96. The van der Waals surface area contributed by atoms with Crippen LogP contribution in [0, 0.1) is 0 Å². The van der Waals surface area contributed by atoms with Crippen molar-refractivity contribution >= 4 is 5.97 Å². The second-order valence-corrected chi connectivity index (χ2v) is 2.67. The van der Waals surface area contributed by atoms with E-state index in [4.69, 9.17) is 4.74 Å². The maximum Gasteiger partial charge on any atom is 0.330 e. The summed E-state index contributed by atoms with van der Waals surface area (Å²) in [5.41, 5.74) is 1.25. The fourth-order valence-corrected chi connectivity index (χ4v) is 0.658. The molecular weight excluding hydrogens is 152 g/mol. The molecule has 0 N–H and O–H groups in total. The van der Waals surface area contributed by atoms with E-state index in [1.165, 1.54) is 11.6 Å². The number of hydrogen-bond acceptors (Lipinski definition) is 2. The molecule has 0 unspecified atom stereocenters. The standard InChI is InChI=1S/C10H16O2/c1-4-12-10(11)8-6-5-7-9(2)3/h6-8H,4-5H2,1-3H3/b8-6+. The molecule has 0 radical (unpaired) electrons. The van der Waals surface area contributed by atoms with Crippen LogP contribution in [-0.4, -0.2) is 12.6 Å². The highest BCUT2D eigenvalue weighted by Crippen LogP contribution is 1.94. The van der Waals surface area contributed by atoms with Crippen LogP contribution in [0.5, 0.6) is 0 Å². The van der Waals surface area contributed by atoms with Crippen LogP contribution < -0.4 is 0 Å². The molecule has 0 aliphatic carbocycles. The number of allylic oxidation sites excluding steroid dienone is 3. The van der Waals surface area contributed by atoms with Gasteiger partial charge in [-0.1, -0.05) is 17.7 Å². The lowest BCUT2D eigenvalue weighted by molar-refractivity contribution is -0.137. The highest BCUT2D eigenvalue weighted by atomic mass is 16.5. The Bertz CT molecular complexity index is 186. The smallest absolute Gasteiger partial charge is 0.330 e. The first-order valence-corrected chi connectivity index (χ1v) is 4.13. The normalized spacial score (nSPS) is 9.92. The summed E-state index contributed by atoms with van der Waals surface area (Å²) in [4.78, 5) is 10.8. The van der Waals surface area contributed by atoms with Gasteiger partial charge in [0, 0.05) is 6.08 Å². The van der Waals surface area contributed by atoms with Crippen molar-refractivity contribution in [2.75, 3.05) is 6.61 Å². The third-order valence-corrected chi connectivity index (χ3v) is 1.20. The largest absolute Gasteiger partial charge is 0.463 e. The van der Waals surface area contributed by atoms with Crippen molar-refractivity contribution in [3.63, 3.8) is 0 Å². The maximum atomic E-state index is 10.8. The van der Waals surface area contributed by atoms with E-state index in [0.717, 1.165) is 6.42 Å². The number of rotatable bonds is 4. The third-order valence-electron chi connectivity index (χ3n) is 1.20. The first kappa shape index (κ1) is 11.0. The Balaban J connectivity index is 3.62. The summed E-state index contributed by atoms with van der Waals surface area (Å²) in [6.45, 7) is 6.28. The molecule has 12 heavy (non-hydrogen) atoms. The fourth-order valence-electron chi connectivity index (χ4n) is 0.658. The van der Waals surface area contributed by atoms with Gasteiger partial charge in [0.15, 0.2) is 0 Å².